The Hall–Kier alpha value is -1.57. The highest BCUT2D eigenvalue weighted by Crippen LogP contribution is 2.26. The van der Waals surface area contributed by atoms with E-state index in [-0.39, 0.29) is 0 Å². The van der Waals surface area contributed by atoms with E-state index < -0.39 is 6.30 Å². The van der Waals surface area contributed by atoms with E-state index in [1.165, 1.54) is 0 Å². The summed E-state index contributed by atoms with van der Waals surface area (Å²) in [5.74, 6) is 0.480. The fourth-order valence-electron chi connectivity index (χ4n) is 1.84. The maximum Gasteiger partial charge on any atom is 0.173 e. The van der Waals surface area contributed by atoms with Gasteiger partial charge in [-0.3, -0.25) is 0 Å². The Bertz CT molecular complexity index is 416. The second kappa shape index (κ2) is 3.89. The Morgan fingerprint density at radius 2 is 2.47 bits per heavy atom. The van der Waals surface area contributed by atoms with Crippen molar-refractivity contribution >= 4 is 19.1 Å². The molecule has 1 atom stereocenters. The van der Waals surface area contributed by atoms with Crippen LogP contribution in [0.3, 0.4) is 0 Å². The molecule has 0 bridgehead atoms. The molecule has 2 rings (SSSR count). The topological polar surface area (TPSA) is 39.9 Å². The zero-order valence-corrected chi connectivity index (χ0v) is 8.57. The van der Waals surface area contributed by atoms with Crippen LogP contribution in [0.2, 0.25) is 0 Å². The molecule has 1 aromatic rings. The number of halogens is 1. The first kappa shape index (κ1) is 9.97. The molecule has 15 heavy (non-hydrogen) atoms. The van der Waals surface area contributed by atoms with E-state index in [1.54, 1.807) is 17.2 Å². The fraction of sp³-hybridized carbons (Fsp3) is 0.400. The van der Waals surface area contributed by atoms with Crippen LogP contribution in [0.4, 0.5) is 10.2 Å². The standard InChI is InChI=1S/C10H11BFN3/c11-8-4-7(5-13)10(14-6-8)15-3-1-2-9(15)12/h4,6,9H,1-3,11H2. The van der Waals surface area contributed by atoms with Crippen molar-refractivity contribution in [3.05, 3.63) is 17.8 Å². The van der Waals surface area contributed by atoms with Crippen molar-refractivity contribution in [1.82, 2.24) is 4.98 Å². The van der Waals surface area contributed by atoms with Gasteiger partial charge in [0.25, 0.3) is 0 Å². The van der Waals surface area contributed by atoms with E-state index >= 15 is 0 Å². The van der Waals surface area contributed by atoms with Gasteiger partial charge in [-0.1, -0.05) is 5.46 Å². The lowest BCUT2D eigenvalue weighted by atomic mass is 9.97. The largest absolute Gasteiger partial charge is 0.326 e. The third-order valence-corrected chi connectivity index (χ3v) is 2.58. The summed E-state index contributed by atoms with van der Waals surface area (Å²) in [5.41, 5.74) is 1.38. The van der Waals surface area contributed by atoms with Crippen molar-refractivity contribution < 1.29 is 4.39 Å². The lowest BCUT2D eigenvalue weighted by Gasteiger charge is -2.20. The highest BCUT2D eigenvalue weighted by Gasteiger charge is 2.26. The summed E-state index contributed by atoms with van der Waals surface area (Å²) in [5, 5.41) is 8.95. The van der Waals surface area contributed by atoms with Crippen molar-refractivity contribution in [1.29, 1.82) is 5.26 Å². The van der Waals surface area contributed by atoms with Crippen LogP contribution >= 0.6 is 0 Å². The molecule has 1 saturated heterocycles. The van der Waals surface area contributed by atoms with Crippen LogP contribution in [0.25, 0.3) is 0 Å². The summed E-state index contributed by atoms with van der Waals surface area (Å²) in [7, 11) is 1.87. The maximum atomic E-state index is 13.5. The van der Waals surface area contributed by atoms with Gasteiger partial charge in [0.1, 0.15) is 19.7 Å². The van der Waals surface area contributed by atoms with Gasteiger partial charge in [0.15, 0.2) is 6.30 Å². The van der Waals surface area contributed by atoms with Crippen molar-refractivity contribution in [2.75, 3.05) is 11.4 Å². The third-order valence-electron chi connectivity index (χ3n) is 2.58. The molecule has 76 valence electrons. The van der Waals surface area contributed by atoms with Crippen molar-refractivity contribution in [2.24, 2.45) is 0 Å². The molecule has 1 aromatic heterocycles. The zero-order chi connectivity index (χ0) is 10.8. The van der Waals surface area contributed by atoms with Gasteiger partial charge in [-0.2, -0.15) is 5.26 Å². The minimum atomic E-state index is -0.993. The number of pyridine rings is 1. The van der Waals surface area contributed by atoms with Gasteiger partial charge in [-0.05, 0) is 18.9 Å². The first-order chi connectivity index (χ1) is 7.22. The summed E-state index contributed by atoms with van der Waals surface area (Å²) in [6, 6.07) is 3.81. The number of hydrogen-bond acceptors (Lipinski definition) is 3. The minimum absolute atomic E-state index is 0.458. The highest BCUT2D eigenvalue weighted by atomic mass is 19.1. The molecule has 0 aliphatic carbocycles. The number of anilines is 1. The van der Waals surface area contributed by atoms with Gasteiger partial charge in [0, 0.05) is 12.7 Å². The molecule has 0 saturated carbocycles. The van der Waals surface area contributed by atoms with E-state index in [1.807, 2.05) is 7.85 Å². The van der Waals surface area contributed by atoms with Gasteiger partial charge < -0.3 is 4.90 Å². The summed E-state index contributed by atoms with van der Waals surface area (Å²) < 4.78 is 13.5. The van der Waals surface area contributed by atoms with Gasteiger partial charge >= 0.3 is 0 Å². The third kappa shape index (κ3) is 1.80. The second-order valence-electron chi connectivity index (χ2n) is 3.77. The molecule has 1 aliphatic heterocycles. The molecule has 0 radical (unpaired) electrons. The lowest BCUT2D eigenvalue weighted by Crippen LogP contribution is -2.27. The highest BCUT2D eigenvalue weighted by molar-refractivity contribution is 6.32. The van der Waals surface area contributed by atoms with Crippen LogP contribution < -0.4 is 10.4 Å². The number of aromatic nitrogens is 1. The Morgan fingerprint density at radius 1 is 1.67 bits per heavy atom. The molecule has 0 spiro atoms. The predicted octanol–water partition coefficient (Wildman–Crippen LogP) is 0.107. The molecular weight excluding hydrogens is 192 g/mol. The van der Waals surface area contributed by atoms with Gasteiger partial charge in [-0.25, -0.2) is 9.37 Å². The normalized spacial score (nSPS) is 20.3. The number of nitrogens with zero attached hydrogens (tertiary/aromatic N) is 3. The van der Waals surface area contributed by atoms with Crippen molar-refractivity contribution in [3.8, 4) is 6.07 Å². The van der Waals surface area contributed by atoms with Crippen LogP contribution in [0.15, 0.2) is 12.3 Å². The average molecular weight is 203 g/mol. The average Bonchev–Trinajstić information content (AvgIpc) is 2.64. The van der Waals surface area contributed by atoms with Crippen LogP contribution in [0.5, 0.6) is 0 Å². The SMILES string of the molecule is Bc1cnc(N2CCCC2F)c(C#N)c1. The fourth-order valence-corrected chi connectivity index (χ4v) is 1.84. The van der Waals surface area contributed by atoms with E-state index in [0.29, 0.717) is 24.3 Å². The quantitative estimate of drug-likeness (QED) is 0.480. The van der Waals surface area contributed by atoms with Gasteiger partial charge in [0.05, 0.1) is 5.56 Å². The first-order valence-corrected chi connectivity index (χ1v) is 5.00. The minimum Gasteiger partial charge on any atom is -0.326 e. The summed E-state index contributed by atoms with van der Waals surface area (Å²) >= 11 is 0. The molecule has 1 fully saturated rings. The summed E-state index contributed by atoms with van der Waals surface area (Å²) in [4.78, 5) is 5.71. The molecule has 3 nitrogen and oxygen atoms in total. The lowest BCUT2D eigenvalue weighted by molar-refractivity contribution is 0.343. The number of alkyl halides is 1. The molecule has 1 aliphatic rings. The molecule has 0 N–H and O–H groups in total. The van der Waals surface area contributed by atoms with E-state index in [2.05, 4.69) is 11.1 Å². The van der Waals surface area contributed by atoms with Crippen LogP contribution in [-0.4, -0.2) is 25.7 Å². The van der Waals surface area contributed by atoms with E-state index in [9.17, 15) is 4.39 Å². The van der Waals surface area contributed by atoms with Crippen LogP contribution in [0, 0.1) is 11.3 Å². The Kier molecular flexibility index (Phi) is 2.59. The molecule has 0 aromatic carbocycles. The van der Waals surface area contributed by atoms with E-state index in [0.717, 1.165) is 11.9 Å². The van der Waals surface area contributed by atoms with Gasteiger partial charge in [-0.15, -0.1) is 0 Å². The zero-order valence-electron chi connectivity index (χ0n) is 8.57. The van der Waals surface area contributed by atoms with Crippen LogP contribution in [0.1, 0.15) is 18.4 Å². The Balaban J connectivity index is 2.39. The molecule has 0 amide bonds. The second-order valence-corrected chi connectivity index (χ2v) is 3.77. The summed E-state index contributed by atoms with van der Waals surface area (Å²) in [6.07, 6.45) is 2.02. The molecule has 1 unspecified atom stereocenters. The molecule has 5 heteroatoms. The van der Waals surface area contributed by atoms with Gasteiger partial charge in [0.2, 0.25) is 0 Å². The Morgan fingerprint density at radius 3 is 3.07 bits per heavy atom. The molecule has 2 heterocycles. The van der Waals surface area contributed by atoms with Crippen molar-refractivity contribution in [2.45, 2.75) is 19.1 Å². The van der Waals surface area contributed by atoms with Crippen molar-refractivity contribution in [3.63, 3.8) is 0 Å². The number of hydrogen-bond donors (Lipinski definition) is 0. The monoisotopic (exact) mass is 203 g/mol. The van der Waals surface area contributed by atoms with E-state index in [4.69, 9.17) is 5.26 Å². The van der Waals surface area contributed by atoms with Crippen LogP contribution in [-0.2, 0) is 0 Å². The Labute approximate surface area is 88.9 Å². The molecular formula is C10H11BFN3. The summed E-state index contributed by atoms with van der Waals surface area (Å²) in [6.45, 7) is 0.645. The number of rotatable bonds is 1. The maximum absolute atomic E-state index is 13.5. The number of nitriles is 1. The first-order valence-electron chi connectivity index (χ1n) is 5.00. The predicted molar refractivity (Wildman–Crippen MR) is 58.6 cm³/mol. The smallest absolute Gasteiger partial charge is 0.173 e.